The highest BCUT2D eigenvalue weighted by Gasteiger charge is 2.27. The molecule has 0 amide bonds. The van der Waals surface area contributed by atoms with Gasteiger partial charge in [-0.3, -0.25) is 0 Å². The molecule has 0 radical (unpaired) electrons. The molecule has 0 aliphatic carbocycles. The summed E-state index contributed by atoms with van der Waals surface area (Å²) in [6.45, 7) is 4.95. The van der Waals surface area contributed by atoms with Gasteiger partial charge in [-0.1, -0.05) is 121 Å². The van der Waals surface area contributed by atoms with Gasteiger partial charge in [-0.05, 0) is 48.5 Å². The van der Waals surface area contributed by atoms with Crippen LogP contribution in [0.25, 0.3) is 55.0 Å². The zero-order valence-corrected chi connectivity index (χ0v) is 24.3. The van der Waals surface area contributed by atoms with E-state index in [1.807, 2.05) is 0 Å². The number of benzene rings is 6. The van der Waals surface area contributed by atoms with E-state index in [0.717, 1.165) is 0 Å². The van der Waals surface area contributed by atoms with Gasteiger partial charge in [0.05, 0.1) is 22.1 Å². The second kappa shape index (κ2) is 9.08. The SMILES string of the molecule is C[Si](C)(c1cccc(-n2c3ccccc3c3ccccc32)c1)c1cccc(-n2c3ccccc3c3ccccc32)c1. The molecule has 0 aliphatic rings. The molecule has 0 saturated carbocycles. The quantitative estimate of drug-likeness (QED) is 0.197. The number of hydrogen-bond acceptors (Lipinski definition) is 0. The molecule has 2 heterocycles. The molecule has 0 aliphatic heterocycles. The fraction of sp³-hybridized carbons (Fsp3) is 0.0526. The van der Waals surface area contributed by atoms with Gasteiger partial charge < -0.3 is 9.13 Å². The molecule has 2 aromatic heterocycles. The van der Waals surface area contributed by atoms with Gasteiger partial charge in [0.1, 0.15) is 8.07 Å². The topological polar surface area (TPSA) is 9.86 Å². The maximum Gasteiger partial charge on any atom is 0.112 e. The summed E-state index contributed by atoms with van der Waals surface area (Å²) in [5.74, 6) is 0. The molecule has 8 rings (SSSR count). The van der Waals surface area contributed by atoms with E-state index in [-0.39, 0.29) is 0 Å². The third kappa shape index (κ3) is 3.63. The summed E-state index contributed by atoms with van der Waals surface area (Å²) in [7, 11) is -2.04. The molecule has 0 atom stereocenters. The van der Waals surface area contributed by atoms with Gasteiger partial charge in [0.15, 0.2) is 0 Å². The number of fused-ring (bicyclic) bond motifs is 6. The Bertz CT molecular complexity index is 1980. The van der Waals surface area contributed by atoms with Crippen LogP contribution >= 0.6 is 0 Å². The van der Waals surface area contributed by atoms with Crippen molar-refractivity contribution in [3.8, 4) is 11.4 Å². The average Bonchev–Trinajstić information content (AvgIpc) is 3.54. The van der Waals surface area contributed by atoms with E-state index in [4.69, 9.17) is 0 Å². The van der Waals surface area contributed by atoms with Crippen molar-refractivity contribution in [2.24, 2.45) is 0 Å². The maximum absolute atomic E-state index is 2.48. The number of aromatic nitrogens is 2. The zero-order chi connectivity index (χ0) is 27.6. The highest BCUT2D eigenvalue weighted by molar-refractivity contribution is 7.00. The molecule has 0 bridgehead atoms. The molecule has 0 spiro atoms. The van der Waals surface area contributed by atoms with Crippen molar-refractivity contribution in [2.45, 2.75) is 13.1 Å². The average molecular weight is 543 g/mol. The summed E-state index contributed by atoms with van der Waals surface area (Å²) < 4.78 is 4.85. The minimum atomic E-state index is -2.04. The summed E-state index contributed by atoms with van der Waals surface area (Å²) in [5.41, 5.74) is 7.44. The van der Waals surface area contributed by atoms with Gasteiger partial charge in [-0.15, -0.1) is 0 Å². The highest BCUT2D eigenvalue weighted by atomic mass is 28.3. The number of nitrogens with zero attached hydrogens (tertiary/aromatic N) is 2. The number of rotatable bonds is 4. The molecular weight excluding hydrogens is 513 g/mol. The Kier molecular flexibility index (Phi) is 5.31. The van der Waals surface area contributed by atoms with E-state index in [1.54, 1.807) is 0 Å². The van der Waals surface area contributed by atoms with E-state index < -0.39 is 8.07 Å². The van der Waals surface area contributed by atoms with Gasteiger partial charge >= 0.3 is 0 Å². The first kappa shape index (κ1) is 24.0. The Labute approximate surface area is 240 Å². The van der Waals surface area contributed by atoms with Crippen LogP contribution < -0.4 is 10.4 Å². The van der Waals surface area contributed by atoms with Crippen LogP contribution in [0, 0.1) is 0 Å². The van der Waals surface area contributed by atoms with E-state index in [0.29, 0.717) is 0 Å². The minimum Gasteiger partial charge on any atom is -0.309 e. The third-order valence-corrected chi connectivity index (χ3v) is 12.3. The molecule has 0 N–H and O–H groups in total. The van der Waals surface area contributed by atoms with Gasteiger partial charge in [0.25, 0.3) is 0 Å². The molecule has 196 valence electrons. The van der Waals surface area contributed by atoms with Crippen LogP contribution in [0.1, 0.15) is 0 Å². The lowest BCUT2D eigenvalue weighted by Crippen LogP contribution is -2.53. The summed E-state index contributed by atoms with van der Waals surface area (Å²) in [6, 6.07) is 53.5. The fourth-order valence-corrected chi connectivity index (χ4v) is 9.01. The molecule has 8 aromatic rings. The molecular formula is C38H30N2Si. The normalized spacial score (nSPS) is 12.1. The first-order valence-electron chi connectivity index (χ1n) is 14.3. The van der Waals surface area contributed by atoms with Crippen LogP contribution in [0.3, 0.4) is 0 Å². The Morgan fingerprint density at radius 2 is 0.683 bits per heavy atom. The Morgan fingerprint density at radius 1 is 0.366 bits per heavy atom. The lowest BCUT2D eigenvalue weighted by atomic mass is 10.2. The smallest absolute Gasteiger partial charge is 0.112 e. The molecule has 0 unspecified atom stereocenters. The molecule has 6 aromatic carbocycles. The van der Waals surface area contributed by atoms with Crippen LogP contribution in [0.5, 0.6) is 0 Å². The second-order valence-electron chi connectivity index (χ2n) is 11.5. The third-order valence-electron chi connectivity index (χ3n) is 8.81. The molecule has 0 saturated heterocycles. The van der Waals surface area contributed by atoms with Crippen molar-refractivity contribution < 1.29 is 0 Å². The first-order valence-corrected chi connectivity index (χ1v) is 17.3. The Balaban J connectivity index is 1.28. The van der Waals surface area contributed by atoms with Crippen LogP contribution in [-0.2, 0) is 0 Å². The Morgan fingerprint density at radius 3 is 1.02 bits per heavy atom. The minimum absolute atomic E-state index is 1.22. The van der Waals surface area contributed by atoms with Crippen LogP contribution in [-0.4, -0.2) is 17.2 Å². The standard InChI is InChI=1S/C38H30N2Si/c1-41(2,29-15-11-13-27(25-29)39-35-21-7-3-17-31(35)32-18-4-8-22-36(32)39)30-16-12-14-28(26-30)40-37-23-9-5-19-33(37)34-20-6-10-24-38(34)40/h3-26H,1-2H3. The predicted molar refractivity (Wildman–Crippen MR) is 178 cm³/mol. The predicted octanol–water partition coefficient (Wildman–Crippen LogP) is 8.70. The maximum atomic E-state index is 2.48. The lowest BCUT2D eigenvalue weighted by molar-refractivity contribution is 1.18. The first-order chi connectivity index (χ1) is 20.1. The summed E-state index contributed by atoms with van der Waals surface area (Å²) in [5, 5.41) is 8.04. The lowest BCUT2D eigenvalue weighted by Gasteiger charge is -2.25. The molecule has 0 fully saturated rings. The monoisotopic (exact) mass is 542 g/mol. The second-order valence-corrected chi connectivity index (χ2v) is 15.9. The summed E-state index contributed by atoms with van der Waals surface area (Å²) in [6.07, 6.45) is 0. The molecule has 3 heteroatoms. The van der Waals surface area contributed by atoms with Crippen molar-refractivity contribution >= 4 is 62.1 Å². The van der Waals surface area contributed by atoms with Gasteiger partial charge in [0, 0.05) is 32.9 Å². The van der Waals surface area contributed by atoms with E-state index in [1.165, 1.54) is 65.4 Å². The van der Waals surface area contributed by atoms with E-state index >= 15 is 0 Å². The van der Waals surface area contributed by atoms with Crippen molar-refractivity contribution in [3.63, 3.8) is 0 Å². The largest absolute Gasteiger partial charge is 0.309 e. The fourth-order valence-electron chi connectivity index (χ4n) is 6.64. The number of para-hydroxylation sites is 4. The number of hydrogen-bond donors (Lipinski definition) is 0. The molecule has 41 heavy (non-hydrogen) atoms. The van der Waals surface area contributed by atoms with Gasteiger partial charge in [-0.25, -0.2) is 0 Å². The van der Waals surface area contributed by atoms with Crippen LogP contribution in [0.15, 0.2) is 146 Å². The van der Waals surface area contributed by atoms with Crippen molar-refractivity contribution in [2.75, 3.05) is 0 Å². The van der Waals surface area contributed by atoms with Gasteiger partial charge in [-0.2, -0.15) is 0 Å². The van der Waals surface area contributed by atoms with Crippen molar-refractivity contribution in [1.82, 2.24) is 9.13 Å². The van der Waals surface area contributed by atoms with Crippen molar-refractivity contribution in [1.29, 1.82) is 0 Å². The van der Waals surface area contributed by atoms with Crippen LogP contribution in [0.2, 0.25) is 13.1 Å². The van der Waals surface area contributed by atoms with E-state index in [2.05, 4.69) is 168 Å². The molecule has 2 nitrogen and oxygen atoms in total. The van der Waals surface area contributed by atoms with E-state index in [9.17, 15) is 0 Å². The van der Waals surface area contributed by atoms with Crippen molar-refractivity contribution in [3.05, 3.63) is 146 Å². The summed E-state index contributed by atoms with van der Waals surface area (Å²) in [4.78, 5) is 0. The van der Waals surface area contributed by atoms with Gasteiger partial charge in [0.2, 0.25) is 0 Å². The summed E-state index contributed by atoms with van der Waals surface area (Å²) >= 11 is 0. The zero-order valence-electron chi connectivity index (χ0n) is 23.3. The van der Waals surface area contributed by atoms with Crippen LogP contribution in [0.4, 0.5) is 0 Å². The Hall–Kier alpha value is -4.86. The highest BCUT2D eigenvalue weighted by Crippen LogP contribution is 2.33.